The van der Waals surface area contributed by atoms with Crippen LogP contribution in [0, 0.1) is 0 Å². The van der Waals surface area contributed by atoms with Crippen molar-refractivity contribution in [1.82, 2.24) is 4.72 Å². The Morgan fingerprint density at radius 1 is 1.35 bits per heavy atom. The molecule has 2 rings (SSSR count). The highest BCUT2D eigenvalue weighted by Crippen LogP contribution is 2.30. The maximum absolute atomic E-state index is 12.3. The second-order valence-corrected chi connectivity index (χ2v) is 6.98. The minimum atomic E-state index is -3.53. The first-order chi connectivity index (χ1) is 9.31. The van der Waals surface area contributed by atoms with Crippen LogP contribution in [0.25, 0.3) is 0 Å². The first-order valence-electron chi connectivity index (χ1n) is 6.75. The van der Waals surface area contributed by atoms with E-state index in [9.17, 15) is 13.2 Å². The molecule has 0 atom stereocenters. The van der Waals surface area contributed by atoms with E-state index in [1.807, 2.05) is 0 Å². The lowest BCUT2D eigenvalue weighted by Gasteiger charge is -2.31. The number of hydrogen-bond donors (Lipinski definition) is 1. The summed E-state index contributed by atoms with van der Waals surface area (Å²) in [5.74, 6) is -0.00640. The van der Waals surface area contributed by atoms with E-state index in [0.29, 0.717) is 17.8 Å². The van der Waals surface area contributed by atoms with Gasteiger partial charge in [0, 0.05) is 18.2 Å². The number of carbonyl (C=O) groups is 1. The molecule has 5 nitrogen and oxygen atoms in total. The molecule has 0 bridgehead atoms. The molecule has 0 unspecified atom stereocenters. The van der Waals surface area contributed by atoms with E-state index < -0.39 is 10.2 Å². The zero-order valence-electron chi connectivity index (χ0n) is 12.0. The maximum Gasteiger partial charge on any atom is 0.301 e. The summed E-state index contributed by atoms with van der Waals surface area (Å²) in [5.41, 5.74) is 2.22. The minimum Gasteiger partial charge on any atom is -0.295 e. The molecule has 1 N–H and O–H groups in total. The van der Waals surface area contributed by atoms with Crippen LogP contribution in [0.1, 0.15) is 43.1 Å². The van der Waals surface area contributed by atoms with E-state index >= 15 is 0 Å². The lowest BCUT2D eigenvalue weighted by Crippen LogP contribution is -2.45. The average molecular weight is 296 g/mol. The number of benzene rings is 1. The van der Waals surface area contributed by atoms with Gasteiger partial charge in [0.25, 0.3) is 0 Å². The molecule has 0 radical (unpaired) electrons. The third kappa shape index (κ3) is 3.02. The number of Topliss-reactive ketones (excluding diaryl/α,β-unsaturated/α-hetero) is 1. The predicted octanol–water partition coefficient (Wildman–Crippen LogP) is 1.88. The fourth-order valence-corrected chi connectivity index (χ4v) is 3.92. The second-order valence-electron chi connectivity index (χ2n) is 5.35. The van der Waals surface area contributed by atoms with Crippen LogP contribution in [0.4, 0.5) is 5.69 Å². The molecule has 0 spiro atoms. The molecule has 0 fully saturated rings. The van der Waals surface area contributed by atoms with Gasteiger partial charge in [0.2, 0.25) is 0 Å². The van der Waals surface area contributed by atoms with Gasteiger partial charge in [-0.05, 0) is 57.4 Å². The summed E-state index contributed by atoms with van der Waals surface area (Å²) in [5, 5.41) is 0. The smallest absolute Gasteiger partial charge is 0.295 e. The monoisotopic (exact) mass is 296 g/mol. The van der Waals surface area contributed by atoms with E-state index in [0.717, 1.165) is 18.4 Å². The van der Waals surface area contributed by atoms with Gasteiger partial charge in [-0.15, -0.1) is 0 Å². The molecule has 1 aliphatic heterocycles. The standard InChI is InChI=1S/C14H20N2O3S/c1-10(2)15-20(18,19)16-8-4-5-13-9-12(11(3)17)6-7-14(13)16/h6-7,9-10,15H,4-5,8H2,1-3H3. The van der Waals surface area contributed by atoms with Crippen LogP contribution in [0.2, 0.25) is 0 Å². The van der Waals surface area contributed by atoms with E-state index in [1.54, 1.807) is 32.0 Å². The van der Waals surface area contributed by atoms with Crippen molar-refractivity contribution in [3.05, 3.63) is 29.3 Å². The van der Waals surface area contributed by atoms with E-state index in [-0.39, 0.29) is 11.8 Å². The van der Waals surface area contributed by atoms with Gasteiger partial charge < -0.3 is 0 Å². The largest absolute Gasteiger partial charge is 0.301 e. The number of rotatable bonds is 4. The van der Waals surface area contributed by atoms with Gasteiger partial charge in [0.05, 0.1) is 5.69 Å². The van der Waals surface area contributed by atoms with Gasteiger partial charge in [0.15, 0.2) is 5.78 Å². The summed E-state index contributed by atoms with van der Waals surface area (Å²) in [6, 6.07) is 5.06. The average Bonchev–Trinajstić information content (AvgIpc) is 2.35. The summed E-state index contributed by atoms with van der Waals surface area (Å²) in [7, 11) is -3.53. The fourth-order valence-electron chi connectivity index (χ4n) is 2.39. The number of carbonyl (C=O) groups excluding carboxylic acids is 1. The number of aryl methyl sites for hydroxylation is 1. The van der Waals surface area contributed by atoms with Gasteiger partial charge in [-0.2, -0.15) is 13.1 Å². The van der Waals surface area contributed by atoms with Crippen molar-refractivity contribution in [3.8, 4) is 0 Å². The van der Waals surface area contributed by atoms with E-state index in [2.05, 4.69) is 4.72 Å². The van der Waals surface area contributed by atoms with Gasteiger partial charge >= 0.3 is 10.2 Å². The Kier molecular flexibility index (Phi) is 4.15. The van der Waals surface area contributed by atoms with Crippen molar-refractivity contribution in [2.45, 2.75) is 39.7 Å². The lowest BCUT2D eigenvalue weighted by molar-refractivity contribution is 0.101. The van der Waals surface area contributed by atoms with Crippen LogP contribution in [0.3, 0.4) is 0 Å². The number of anilines is 1. The molecule has 1 aromatic rings. The summed E-state index contributed by atoms with van der Waals surface area (Å²) in [4.78, 5) is 11.4. The molecule has 0 aromatic heterocycles. The van der Waals surface area contributed by atoms with Crippen LogP contribution in [0.5, 0.6) is 0 Å². The van der Waals surface area contributed by atoms with Crippen molar-refractivity contribution in [2.75, 3.05) is 10.8 Å². The number of hydrogen-bond acceptors (Lipinski definition) is 3. The molecule has 0 saturated carbocycles. The molecule has 6 heteroatoms. The number of ketones is 1. The predicted molar refractivity (Wildman–Crippen MR) is 79.3 cm³/mol. The first kappa shape index (κ1) is 15.0. The molecule has 0 saturated heterocycles. The van der Waals surface area contributed by atoms with Crippen LogP contribution in [-0.4, -0.2) is 26.8 Å². The zero-order valence-corrected chi connectivity index (χ0v) is 12.8. The van der Waals surface area contributed by atoms with E-state index in [4.69, 9.17) is 0 Å². The summed E-state index contributed by atoms with van der Waals surface area (Å²) in [6.07, 6.45) is 1.55. The molecule has 110 valence electrons. The highest BCUT2D eigenvalue weighted by molar-refractivity contribution is 7.90. The molecular formula is C14H20N2O3S. The van der Waals surface area contributed by atoms with Crippen molar-refractivity contribution >= 4 is 21.7 Å². The van der Waals surface area contributed by atoms with Crippen molar-refractivity contribution in [1.29, 1.82) is 0 Å². The molecule has 0 amide bonds. The Bertz CT molecular complexity index is 623. The van der Waals surface area contributed by atoms with Crippen LogP contribution in [0.15, 0.2) is 18.2 Å². The fraction of sp³-hybridized carbons (Fsp3) is 0.500. The topological polar surface area (TPSA) is 66.5 Å². The van der Waals surface area contributed by atoms with Gasteiger partial charge in [-0.1, -0.05) is 0 Å². The Labute approximate surface area is 120 Å². The van der Waals surface area contributed by atoms with Crippen LogP contribution in [-0.2, 0) is 16.6 Å². The zero-order chi connectivity index (χ0) is 14.9. The van der Waals surface area contributed by atoms with Crippen molar-refractivity contribution in [2.24, 2.45) is 0 Å². The third-order valence-electron chi connectivity index (χ3n) is 3.24. The number of nitrogens with zero attached hydrogens (tertiary/aromatic N) is 1. The number of fused-ring (bicyclic) bond motifs is 1. The molecular weight excluding hydrogens is 276 g/mol. The summed E-state index contributed by atoms with van der Waals surface area (Å²) >= 11 is 0. The van der Waals surface area contributed by atoms with Crippen molar-refractivity contribution < 1.29 is 13.2 Å². The van der Waals surface area contributed by atoms with Crippen LogP contribution < -0.4 is 9.03 Å². The van der Waals surface area contributed by atoms with Gasteiger partial charge in [0.1, 0.15) is 0 Å². The van der Waals surface area contributed by atoms with E-state index in [1.165, 1.54) is 11.2 Å². The van der Waals surface area contributed by atoms with Crippen molar-refractivity contribution in [3.63, 3.8) is 0 Å². The molecule has 0 aliphatic carbocycles. The van der Waals surface area contributed by atoms with Gasteiger partial charge in [-0.3, -0.25) is 9.10 Å². The van der Waals surface area contributed by atoms with Crippen LogP contribution >= 0.6 is 0 Å². The molecule has 1 aromatic carbocycles. The first-order valence-corrected chi connectivity index (χ1v) is 8.19. The Balaban J connectivity index is 2.41. The maximum atomic E-state index is 12.3. The summed E-state index contributed by atoms with van der Waals surface area (Å²) in [6.45, 7) is 5.57. The molecule has 1 heterocycles. The quantitative estimate of drug-likeness (QED) is 0.863. The highest BCUT2D eigenvalue weighted by atomic mass is 32.2. The normalized spacial score (nSPS) is 15.3. The highest BCUT2D eigenvalue weighted by Gasteiger charge is 2.28. The number of nitrogens with one attached hydrogen (secondary N) is 1. The third-order valence-corrected chi connectivity index (χ3v) is 4.97. The lowest BCUT2D eigenvalue weighted by atomic mass is 9.99. The Morgan fingerprint density at radius 3 is 2.65 bits per heavy atom. The summed E-state index contributed by atoms with van der Waals surface area (Å²) < 4.78 is 28.6. The second kappa shape index (κ2) is 5.54. The Morgan fingerprint density at radius 2 is 2.05 bits per heavy atom. The Hall–Kier alpha value is -1.40. The molecule has 20 heavy (non-hydrogen) atoms. The minimum absolute atomic E-state index is 0.00640. The SMILES string of the molecule is CC(=O)c1ccc2c(c1)CCCN2S(=O)(=O)NC(C)C. The molecule has 1 aliphatic rings. The van der Waals surface area contributed by atoms with Gasteiger partial charge in [-0.25, -0.2) is 0 Å².